The van der Waals surface area contributed by atoms with Crippen LogP contribution in [0.5, 0.6) is 0 Å². The molecular formula is C35H46F2N6O4S. The molecule has 260 valence electrons. The van der Waals surface area contributed by atoms with Gasteiger partial charge < -0.3 is 25.7 Å². The number of carbonyl (C=O) groups excluding carboxylic acids is 1. The molecule has 48 heavy (non-hydrogen) atoms. The van der Waals surface area contributed by atoms with E-state index in [1.54, 1.807) is 38.2 Å². The van der Waals surface area contributed by atoms with Gasteiger partial charge in [0.25, 0.3) is 0 Å². The molecule has 2 unspecified atom stereocenters. The Morgan fingerprint density at radius 3 is 2.52 bits per heavy atom. The molecule has 5 rings (SSSR count). The number of nitrogens with one attached hydrogen (secondary N) is 2. The van der Waals surface area contributed by atoms with Gasteiger partial charge in [0, 0.05) is 60.7 Å². The summed E-state index contributed by atoms with van der Waals surface area (Å²) in [5.74, 6) is 5.69. The van der Waals surface area contributed by atoms with Gasteiger partial charge in [-0.1, -0.05) is 26.0 Å². The number of fused-ring (bicyclic) bond motifs is 1. The molecule has 1 aliphatic carbocycles. The highest BCUT2D eigenvalue weighted by molar-refractivity contribution is 7.89. The van der Waals surface area contributed by atoms with E-state index in [1.807, 2.05) is 6.92 Å². The van der Waals surface area contributed by atoms with Crippen LogP contribution in [0.1, 0.15) is 74.5 Å². The number of rotatable bonds is 12. The lowest BCUT2D eigenvalue weighted by molar-refractivity contribution is 0.0834. The number of hydrazine groups is 1. The van der Waals surface area contributed by atoms with E-state index in [4.69, 9.17) is 11.6 Å². The molecule has 3 aromatic rings. The van der Waals surface area contributed by atoms with E-state index in [0.29, 0.717) is 47.2 Å². The summed E-state index contributed by atoms with van der Waals surface area (Å²) in [6.07, 6.45) is 4.23. The molecule has 1 fully saturated rings. The van der Waals surface area contributed by atoms with Crippen LogP contribution in [-0.4, -0.2) is 72.5 Å². The number of H-pyrrole nitrogens is 1. The van der Waals surface area contributed by atoms with Gasteiger partial charge in [-0.3, -0.25) is 4.79 Å². The molecule has 0 amide bonds. The van der Waals surface area contributed by atoms with E-state index < -0.39 is 21.4 Å². The minimum absolute atomic E-state index is 0.0221. The van der Waals surface area contributed by atoms with Crippen LogP contribution in [-0.2, 0) is 10.0 Å². The fourth-order valence-corrected chi connectivity index (χ4v) is 8.10. The summed E-state index contributed by atoms with van der Waals surface area (Å²) in [7, 11) is -3.78. The zero-order chi connectivity index (χ0) is 34.8. The van der Waals surface area contributed by atoms with Gasteiger partial charge in [-0.2, -0.15) is 0 Å². The number of hydrogen-bond acceptors (Lipinski definition) is 8. The smallest absolute Gasteiger partial charge is 0.240 e. The number of halogens is 2. The van der Waals surface area contributed by atoms with Crippen molar-refractivity contribution >= 4 is 38.0 Å². The van der Waals surface area contributed by atoms with E-state index in [9.17, 15) is 27.1 Å². The Kier molecular flexibility index (Phi) is 10.8. The van der Waals surface area contributed by atoms with Crippen molar-refractivity contribution in [2.75, 3.05) is 32.7 Å². The monoisotopic (exact) mass is 684 g/mol. The minimum atomic E-state index is -3.78. The number of aromatic amines is 1. The SMILES string of the molecule is CCC(=O)c1[nH]c2ccc(F)cc2c1C(N)=CN(N)CC1CCN(CCNS(=O)(=O)c2ccc(C3=C(F)CC(C)CC3(C)O)cc2)CC1. The molecule has 1 saturated heterocycles. The van der Waals surface area contributed by atoms with Gasteiger partial charge in [0.05, 0.1) is 21.9 Å². The van der Waals surface area contributed by atoms with Crippen LogP contribution in [0.2, 0.25) is 0 Å². The predicted octanol–water partition coefficient (Wildman–Crippen LogP) is 4.88. The largest absolute Gasteiger partial charge is 0.397 e. The molecule has 1 aliphatic heterocycles. The third-order valence-electron chi connectivity index (χ3n) is 9.39. The number of piperidine rings is 1. The Morgan fingerprint density at radius 1 is 1.19 bits per heavy atom. The number of nitrogens with two attached hydrogens (primary N) is 2. The van der Waals surface area contributed by atoms with Crippen molar-refractivity contribution in [3.05, 3.63) is 77.1 Å². The number of ketones is 1. The molecule has 2 atom stereocenters. The van der Waals surface area contributed by atoms with Gasteiger partial charge in [-0.05, 0) is 87.0 Å². The number of aliphatic hydroxyl groups is 1. The summed E-state index contributed by atoms with van der Waals surface area (Å²) >= 11 is 0. The number of allylic oxidation sites excluding steroid dienone is 1. The summed E-state index contributed by atoms with van der Waals surface area (Å²) in [4.78, 5) is 18.0. The lowest BCUT2D eigenvalue weighted by atomic mass is 9.76. The van der Waals surface area contributed by atoms with Crippen LogP contribution in [0.4, 0.5) is 8.78 Å². The molecule has 10 nitrogen and oxygen atoms in total. The molecule has 0 saturated carbocycles. The Labute approximate surface area is 280 Å². The van der Waals surface area contributed by atoms with Crippen LogP contribution in [0.15, 0.2) is 59.4 Å². The van der Waals surface area contributed by atoms with Gasteiger partial charge in [0.1, 0.15) is 11.6 Å². The third kappa shape index (κ3) is 7.98. The average Bonchev–Trinajstić information content (AvgIpc) is 3.39. The predicted molar refractivity (Wildman–Crippen MR) is 184 cm³/mol. The Bertz CT molecular complexity index is 1810. The van der Waals surface area contributed by atoms with Crippen LogP contribution >= 0.6 is 0 Å². The molecular weight excluding hydrogens is 638 g/mol. The molecule has 2 heterocycles. The van der Waals surface area contributed by atoms with Crippen molar-refractivity contribution in [1.82, 2.24) is 19.6 Å². The summed E-state index contributed by atoms with van der Waals surface area (Å²) in [5.41, 5.74) is 7.46. The van der Waals surface area contributed by atoms with Gasteiger partial charge in [0.2, 0.25) is 10.0 Å². The molecule has 0 spiro atoms. The first-order valence-corrected chi connectivity index (χ1v) is 17.9. The number of carbonyl (C=O) groups is 1. The molecule has 1 aromatic heterocycles. The lowest BCUT2D eigenvalue weighted by Crippen LogP contribution is -2.42. The highest BCUT2D eigenvalue weighted by Crippen LogP contribution is 2.43. The van der Waals surface area contributed by atoms with Crippen LogP contribution in [0, 0.1) is 17.7 Å². The van der Waals surface area contributed by atoms with Crippen molar-refractivity contribution in [2.24, 2.45) is 23.4 Å². The van der Waals surface area contributed by atoms with Gasteiger partial charge in [0.15, 0.2) is 5.78 Å². The van der Waals surface area contributed by atoms with Gasteiger partial charge in [-0.15, -0.1) is 0 Å². The van der Waals surface area contributed by atoms with E-state index in [0.717, 1.165) is 25.9 Å². The Morgan fingerprint density at radius 2 is 1.88 bits per heavy atom. The normalized spacial score (nSPS) is 21.6. The zero-order valence-electron chi connectivity index (χ0n) is 27.7. The maximum absolute atomic E-state index is 14.8. The van der Waals surface area contributed by atoms with E-state index in [1.165, 1.54) is 29.3 Å². The summed E-state index contributed by atoms with van der Waals surface area (Å²) in [6.45, 7) is 8.07. The third-order valence-corrected chi connectivity index (χ3v) is 10.9. The molecule has 7 N–H and O–H groups in total. The molecule has 0 bridgehead atoms. The van der Waals surface area contributed by atoms with Crippen LogP contribution in [0.25, 0.3) is 22.2 Å². The first kappa shape index (κ1) is 35.7. The topological polar surface area (TPSA) is 158 Å². The molecule has 0 radical (unpaired) electrons. The maximum Gasteiger partial charge on any atom is 0.240 e. The number of nitrogens with zero attached hydrogens (tertiary/aromatic N) is 2. The van der Waals surface area contributed by atoms with Crippen LogP contribution < -0.4 is 16.3 Å². The first-order valence-electron chi connectivity index (χ1n) is 16.5. The van der Waals surface area contributed by atoms with Gasteiger partial charge in [-0.25, -0.2) is 27.8 Å². The second kappa shape index (κ2) is 14.5. The number of aromatic nitrogens is 1. The molecule has 2 aromatic carbocycles. The summed E-state index contributed by atoms with van der Waals surface area (Å²) in [6, 6.07) is 10.2. The highest BCUT2D eigenvalue weighted by atomic mass is 32.2. The number of hydrogen-bond donors (Lipinski definition) is 5. The lowest BCUT2D eigenvalue weighted by Gasteiger charge is -2.34. The standard InChI is InChI=1S/C35H46F2N6O4S/c1-4-31(44)34-32(27-18-25(36)7-10-30(27)41-34)29(38)21-43(39)20-23-11-14-42(15-12-23)16-13-40-48(46,47)26-8-5-24(6-9-26)33-28(37)17-22(2)19-35(33,3)45/h5-10,18,21-23,40-41,45H,4,11-17,19-20,38-39H2,1-3H3. The van der Waals surface area contributed by atoms with Crippen molar-refractivity contribution in [2.45, 2.75) is 63.4 Å². The Hall–Kier alpha value is -3.62. The van der Waals surface area contributed by atoms with Crippen molar-refractivity contribution in [1.29, 1.82) is 0 Å². The average molecular weight is 685 g/mol. The maximum atomic E-state index is 14.8. The van der Waals surface area contributed by atoms with Crippen molar-refractivity contribution in [3.8, 4) is 0 Å². The van der Waals surface area contributed by atoms with Crippen molar-refractivity contribution < 1.29 is 27.1 Å². The van der Waals surface area contributed by atoms with E-state index in [-0.39, 0.29) is 59.0 Å². The number of sulfonamides is 1. The zero-order valence-corrected chi connectivity index (χ0v) is 28.5. The molecule has 2 aliphatic rings. The first-order chi connectivity index (χ1) is 22.7. The molecule has 13 heteroatoms. The Balaban J connectivity index is 1.12. The van der Waals surface area contributed by atoms with E-state index in [2.05, 4.69) is 14.6 Å². The number of likely N-dealkylation sites (tertiary alicyclic amines) is 1. The second-order valence-corrected chi connectivity index (χ2v) is 15.2. The number of benzene rings is 2. The quantitative estimate of drug-likeness (QED) is 0.103. The second-order valence-electron chi connectivity index (χ2n) is 13.4. The summed E-state index contributed by atoms with van der Waals surface area (Å²) in [5, 5.41) is 12.9. The van der Waals surface area contributed by atoms with Crippen molar-refractivity contribution in [3.63, 3.8) is 0 Å². The fraction of sp³-hybridized carbons (Fsp3) is 0.457. The fourth-order valence-electron chi connectivity index (χ4n) is 7.08. The summed E-state index contributed by atoms with van der Waals surface area (Å²) < 4.78 is 57.4. The number of Topliss-reactive ketones (excluding diaryl/α,β-unsaturated/α-hetero) is 1. The van der Waals surface area contributed by atoms with Crippen LogP contribution in [0.3, 0.4) is 0 Å². The van der Waals surface area contributed by atoms with E-state index >= 15 is 0 Å². The highest BCUT2D eigenvalue weighted by Gasteiger charge is 2.37. The van der Waals surface area contributed by atoms with Gasteiger partial charge >= 0.3 is 0 Å². The minimum Gasteiger partial charge on any atom is -0.397 e.